The Morgan fingerprint density at radius 3 is 2.48 bits per heavy atom. The molecule has 1 aromatic rings. The van der Waals surface area contributed by atoms with Crippen LogP contribution < -0.4 is 10.0 Å². The first kappa shape index (κ1) is 18.1. The number of rotatable bonds is 9. The molecule has 6 heteroatoms. The molecule has 0 saturated carbocycles. The van der Waals surface area contributed by atoms with E-state index in [0.29, 0.717) is 31.0 Å². The molecule has 0 saturated heterocycles. The molecular weight excluding hydrogens is 286 g/mol. The highest BCUT2D eigenvalue weighted by atomic mass is 32.2. The lowest BCUT2D eigenvalue weighted by Crippen LogP contribution is -2.32. The minimum absolute atomic E-state index is 0.402. The van der Waals surface area contributed by atoms with Gasteiger partial charge in [0.05, 0.1) is 4.90 Å². The molecule has 0 radical (unpaired) electrons. The van der Waals surface area contributed by atoms with E-state index in [0.717, 1.165) is 17.7 Å². The molecule has 21 heavy (non-hydrogen) atoms. The Morgan fingerprint density at radius 1 is 1.19 bits per heavy atom. The first-order valence-corrected chi connectivity index (χ1v) is 8.86. The molecule has 0 bridgehead atoms. The maximum Gasteiger partial charge on any atom is 0.240 e. The van der Waals surface area contributed by atoms with E-state index in [1.807, 2.05) is 45.0 Å². The zero-order chi connectivity index (χ0) is 15.9. The van der Waals surface area contributed by atoms with E-state index in [4.69, 9.17) is 0 Å². The molecule has 0 aliphatic rings. The third-order valence-corrected chi connectivity index (χ3v) is 4.78. The van der Waals surface area contributed by atoms with Crippen molar-refractivity contribution >= 4 is 10.0 Å². The first-order chi connectivity index (χ1) is 9.90. The Bertz CT molecular complexity index is 542. The van der Waals surface area contributed by atoms with Crippen molar-refractivity contribution in [3.63, 3.8) is 0 Å². The fourth-order valence-electron chi connectivity index (χ4n) is 2.00. The molecule has 0 aliphatic carbocycles. The van der Waals surface area contributed by atoms with Crippen LogP contribution in [0.4, 0.5) is 0 Å². The van der Waals surface area contributed by atoms with Crippen LogP contribution in [0.3, 0.4) is 0 Å². The van der Waals surface area contributed by atoms with Crippen LogP contribution in [0.5, 0.6) is 0 Å². The van der Waals surface area contributed by atoms with E-state index in [2.05, 4.69) is 10.0 Å². The number of aryl methyl sites for hydroxylation is 1. The van der Waals surface area contributed by atoms with Crippen molar-refractivity contribution < 1.29 is 8.42 Å². The van der Waals surface area contributed by atoms with Crippen LogP contribution in [0.15, 0.2) is 23.1 Å². The van der Waals surface area contributed by atoms with Crippen LogP contribution in [-0.2, 0) is 23.0 Å². The maximum absolute atomic E-state index is 12.5. The van der Waals surface area contributed by atoms with Gasteiger partial charge in [-0.15, -0.1) is 0 Å². The molecule has 1 rings (SSSR count). The summed E-state index contributed by atoms with van der Waals surface area (Å²) in [5.74, 6) is 0. The lowest BCUT2D eigenvalue weighted by Gasteiger charge is -2.14. The highest BCUT2D eigenvalue weighted by Crippen LogP contribution is 2.18. The second-order valence-electron chi connectivity index (χ2n) is 5.28. The van der Waals surface area contributed by atoms with Crippen LogP contribution >= 0.6 is 0 Å². The van der Waals surface area contributed by atoms with E-state index in [1.54, 1.807) is 6.07 Å². The van der Waals surface area contributed by atoms with Crippen molar-refractivity contribution in [3.8, 4) is 0 Å². The number of sulfonamides is 1. The summed E-state index contributed by atoms with van der Waals surface area (Å²) in [6.45, 7) is 6.63. The summed E-state index contributed by atoms with van der Waals surface area (Å²) in [4.78, 5) is 2.35. The number of hydrogen-bond donors (Lipinski definition) is 2. The zero-order valence-corrected chi connectivity index (χ0v) is 14.3. The first-order valence-electron chi connectivity index (χ1n) is 7.37. The van der Waals surface area contributed by atoms with Gasteiger partial charge in [0.25, 0.3) is 0 Å². The van der Waals surface area contributed by atoms with Crippen molar-refractivity contribution in [1.82, 2.24) is 14.9 Å². The molecule has 0 atom stereocenters. The summed E-state index contributed by atoms with van der Waals surface area (Å²) in [5.41, 5.74) is 1.84. The molecule has 0 spiro atoms. The van der Waals surface area contributed by atoms with E-state index >= 15 is 0 Å². The Hall–Kier alpha value is -0.950. The molecular formula is C15H27N3O2S. The zero-order valence-electron chi connectivity index (χ0n) is 13.4. The van der Waals surface area contributed by atoms with Crippen LogP contribution in [0.1, 0.15) is 25.0 Å². The number of benzene rings is 1. The highest BCUT2D eigenvalue weighted by Gasteiger charge is 2.18. The van der Waals surface area contributed by atoms with Gasteiger partial charge < -0.3 is 10.2 Å². The Labute approximate surface area is 128 Å². The molecule has 5 nitrogen and oxygen atoms in total. The van der Waals surface area contributed by atoms with Crippen molar-refractivity contribution in [2.24, 2.45) is 0 Å². The molecule has 0 fully saturated rings. The van der Waals surface area contributed by atoms with E-state index in [1.165, 1.54) is 0 Å². The maximum atomic E-state index is 12.5. The van der Waals surface area contributed by atoms with E-state index in [9.17, 15) is 8.42 Å². The molecule has 0 aliphatic heterocycles. The minimum Gasteiger partial charge on any atom is -0.313 e. The average molecular weight is 313 g/mol. The third kappa shape index (κ3) is 5.74. The smallest absolute Gasteiger partial charge is 0.240 e. The summed E-state index contributed by atoms with van der Waals surface area (Å²) in [6.07, 6.45) is 0.700. The van der Waals surface area contributed by atoms with Gasteiger partial charge in [-0.25, -0.2) is 13.1 Å². The van der Waals surface area contributed by atoms with Gasteiger partial charge in [0, 0.05) is 19.6 Å². The van der Waals surface area contributed by atoms with Crippen LogP contribution in [0.2, 0.25) is 0 Å². The van der Waals surface area contributed by atoms with Gasteiger partial charge in [0.2, 0.25) is 10.0 Å². The number of likely N-dealkylation sites (N-methyl/N-ethyl adjacent to an activating group) is 1. The molecule has 1 aromatic carbocycles. The number of nitrogens with one attached hydrogen (secondary N) is 2. The quantitative estimate of drug-likeness (QED) is 0.719. The molecule has 0 unspecified atom stereocenters. The average Bonchev–Trinajstić information content (AvgIpc) is 2.44. The summed E-state index contributed by atoms with van der Waals surface area (Å²) < 4.78 is 27.6. The second kappa shape index (κ2) is 8.48. The molecule has 0 aromatic heterocycles. The lowest BCUT2D eigenvalue weighted by atomic mass is 10.1. The second-order valence-corrected chi connectivity index (χ2v) is 7.01. The van der Waals surface area contributed by atoms with Crippen LogP contribution in [0, 0.1) is 0 Å². The summed E-state index contributed by atoms with van der Waals surface area (Å²) in [6, 6.07) is 5.67. The van der Waals surface area contributed by atoms with E-state index < -0.39 is 10.0 Å². The highest BCUT2D eigenvalue weighted by molar-refractivity contribution is 7.89. The number of nitrogens with zero attached hydrogens (tertiary/aromatic N) is 1. The van der Waals surface area contributed by atoms with Crippen molar-refractivity contribution in [1.29, 1.82) is 0 Å². The predicted octanol–water partition coefficient (Wildman–Crippen LogP) is 1.20. The molecule has 2 N–H and O–H groups in total. The Kier molecular flexibility index (Phi) is 7.31. The summed E-state index contributed by atoms with van der Waals surface area (Å²) in [5, 5.41) is 3.22. The molecule has 0 heterocycles. The van der Waals surface area contributed by atoms with Gasteiger partial charge in [-0.2, -0.15) is 0 Å². The van der Waals surface area contributed by atoms with Gasteiger partial charge in [-0.3, -0.25) is 0 Å². The van der Waals surface area contributed by atoms with E-state index in [-0.39, 0.29) is 0 Å². The topological polar surface area (TPSA) is 61.4 Å². The fraction of sp³-hybridized carbons (Fsp3) is 0.600. The largest absolute Gasteiger partial charge is 0.313 e. The predicted molar refractivity (Wildman–Crippen MR) is 86.9 cm³/mol. The van der Waals surface area contributed by atoms with Gasteiger partial charge in [-0.05, 0) is 44.3 Å². The third-order valence-electron chi connectivity index (χ3n) is 3.23. The minimum atomic E-state index is -3.45. The van der Waals surface area contributed by atoms with Crippen LogP contribution in [0.25, 0.3) is 0 Å². The Morgan fingerprint density at radius 2 is 1.90 bits per heavy atom. The summed E-state index contributed by atoms with van der Waals surface area (Å²) in [7, 11) is 0.388. The van der Waals surface area contributed by atoms with Gasteiger partial charge in [-0.1, -0.05) is 26.0 Å². The SMILES string of the molecule is CCNCc1ccc(CC)c(S(=O)(=O)NCCN(C)C)c1. The summed E-state index contributed by atoms with van der Waals surface area (Å²) >= 11 is 0. The lowest BCUT2D eigenvalue weighted by molar-refractivity contribution is 0.412. The Balaban J connectivity index is 2.96. The van der Waals surface area contributed by atoms with Crippen LogP contribution in [-0.4, -0.2) is 47.0 Å². The van der Waals surface area contributed by atoms with Crippen molar-refractivity contribution in [2.75, 3.05) is 33.7 Å². The van der Waals surface area contributed by atoms with Crippen molar-refractivity contribution in [2.45, 2.75) is 31.7 Å². The standard InChI is InChI=1S/C15H27N3O2S/c1-5-14-8-7-13(12-16-6-2)11-15(14)21(19,20)17-9-10-18(3)4/h7-8,11,16-17H,5-6,9-10,12H2,1-4H3. The number of hydrogen-bond acceptors (Lipinski definition) is 4. The van der Waals surface area contributed by atoms with Gasteiger partial charge in [0.1, 0.15) is 0 Å². The van der Waals surface area contributed by atoms with Gasteiger partial charge >= 0.3 is 0 Å². The van der Waals surface area contributed by atoms with Crippen molar-refractivity contribution in [3.05, 3.63) is 29.3 Å². The monoisotopic (exact) mass is 313 g/mol. The normalized spacial score (nSPS) is 12.0. The van der Waals surface area contributed by atoms with Gasteiger partial charge in [0.15, 0.2) is 0 Å². The molecule has 120 valence electrons. The fourth-order valence-corrected chi connectivity index (χ4v) is 3.38. The molecule has 0 amide bonds.